The molecule has 1 aromatic heterocycles. The maximum Gasteiger partial charge on any atom is 0.236 e. The Balaban J connectivity index is 1.65. The van der Waals surface area contributed by atoms with E-state index in [4.69, 9.17) is 24.5 Å². The zero-order valence-corrected chi connectivity index (χ0v) is 24.0. The van der Waals surface area contributed by atoms with Gasteiger partial charge in [0, 0.05) is 31.6 Å². The number of ether oxygens (including phenoxy) is 3. The van der Waals surface area contributed by atoms with E-state index < -0.39 is 16.0 Å². The molecule has 3 N–H and O–H groups in total. The summed E-state index contributed by atoms with van der Waals surface area (Å²) in [6.45, 7) is 3.15. The standard InChI is InChI=1S/C26H46FN5O6S/c1-35-16-17-37-19-18-36-15-14-32(38-22-23-9-5-4-6-10-23)39(33,34)20-8-3-2-7-12-30-26(28)31-24-11-13-29-25(27)21-24/h11,13,21,23H,2-10,12,14-20,22H2,1H3,(H3,28,29,30,31). The molecule has 1 aliphatic carbocycles. The largest absolute Gasteiger partial charge is 0.382 e. The van der Waals surface area contributed by atoms with E-state index in [1.54, 1.807) is 13.2 Å². The second kappa shape index (κ2) is 20.0. The molecule has 1 saturated carbocycles. The lowest BCUT2D eigenvalue weighted by atomic mass is 9.90. The second-order valence-corrected chi connectivity index (χ2v) is 11.5. The van der Waals surface area contributed by atoms with Crippen LogP contribution in [-0.2, 0) is 29.1 Å². The number of hydrogen-bond donors (Lipinski definition) is 3. The maximum absolute atomic E-state index is 13.1. The van der Waals surface area contributed by atoms with E-state index in [2.05, 4.69) is 15.6 Å². The van der Waals surface area contributed by atoms with E-state index in [0.717, 1.165) is 36.6 Å². The van der Waals surface area contributed by atoms with E-state index in [-0.39, 0.29) is 24.9 Å². The molecule has 0 unspecified atom stereocenters. The molecule has 224 valence electrons. The third kappa shape index (κ3) is 15.5. The molecule has 0 radical (unpaired) electrons. The molecule has 1 aromatic rings. The molecule has 0 spiro atoms. The Labute approximate surface area is 232 Å². The first-order valence-electron chi connectivity index (χ1n) is 13.9. The fourth-order valence-corrected chi connectivity index (χ4v) is 5.52. The molecule has 0 aliphatic heterocycles. The SMILES string of the molecule is COCCOCCOCCN(OCC1CCCCC1)S(=O)(=O)CCCCCCNC(=N)Nc1ccnc(F)c1. The first-order valence-corrected chi connectivity index (χ1v) is 15.5. The van der Waals surface area contributed by atoms with Gasteiger partial charge in [-0.25, -0.2) is 13.4 Å². The number of pyridine rings is 1. The topological polar surface area (TPSA) is 135 Å². The van der Waals surface area contributed by atoms with Gasteiger partial charge in [-0.2, -0.15) is 4.39 Å². The summed E-state index contributed by atoms with van der Waals surface area (Å²) in [7, 11) is -1.97. The molecule has 0 bridgehead atoms. The quantitative estimate of drug-likeness (QED) is 0.0661. The van der Waals surface area contributed by atoms with Gasteiger partial charge in [0.1, 0.15) is 0 Å². The number of nitrogens with one attached hydrogen (secondary N) is 3. The molecule has 11 nitrogen and oxygen atoms in total. The third-order valence-corrected chi connectivity index (χ3v) is 8.05. The molecular weight excluding hydrogens is 529 g/mol. The summed E-state index contributed by atoms with van der Waals surface area (Å²) >= 11 is 0. The molecular formula is C26H46FN5O6S. The Bertz CT molecular complexity index is 905. The van der Waals surface area contributed by atoms with Crippen LogP contribution in [0.3, 0.4) is 0 Å². The minimum absolute atomic E-state index is 0.0101. The molecule has 13 heteroatoms. The van der Waals surface area contributed by atoms with E-state index in [1.807, 2.05) is 0 Å². The molecule has 1 fully saturated rings. The first-order chi connectivity index (χ1) is 18.9. The number of rotatable bonds is 21. The summed E-state index contributed by atoms with van der Waals surface area (Å²) in [5.74, 6) is -0.143. The minimum atomic E-state index is -3.58. The van der Waals surface area contributed by atoms with Crippen LogP contribution in [0, 0.1) is 17.3 Å². The third-order valence-electron chi connectivity index (χ3n) is 6.34. The van der Waals surface area contributed by atoms with Gasteiger partial charge in [0.05, 0.1) is 51.9 Å². The Morgan fingerprint density at radius 3 is 2.54 bits per heavy atom. The molecule has 1 heterocycles. The van der Waals surface area contributed by atoms with Crippen molar-refractivity contribution in [3.63, 3.8) is 0 Å². The number of nitrogens with zero attached hydrogens (tertiary/aromatic N) is 2. The number of sulfonamides is 1. The van der Waals surface area contributed by atoms with Crippen LogP contribution < -0.4 is 10.6 Å². The highest BCUT2D eigenvalue weighted by Gasteiger charge is 2.24. The highest BCUT2D eigenvalue weighted by molar-refractivity contribution is 7.88. The second-order valence-electron chi connectivity index (χ2n) is 9.57. The van der Waals surface area contributed by atoms with Gasteiger partial charge in [0.2, 0.25) is 16.0 Å². The van der Waals surface area contributed by atoms with Gasteiger partial charge in [-0.05, 0) is 37.7 Å². The van der Waals surface area contributed by atoms with Crippen LogP contribution in [0.2, 0.25) is 0 Å². The van der Waals surface area contributed by atoms with Gasteiger partial charge < -0.3 is 24.8 Å². The van der Waals surface area contributed by atoms with Gasteiger partial charge in [-0.15, -0.1) is 0 Å². The number of anilines is 1. The predicted octanol–water partition coefficient (Wildman–Crippen LogP) is 3.54. The van der Waals surface area contributed by atoms with Crippen LogP contribution in [-0.4, -0.2) is 89.4 Å². The van der Waals surface area contributed by atoms with Gasteiger partial charge in [-0.1, -0.05) is 36.6 Å². The molecule has 2 rings (SSSR count). The number of unbranched alkanes of at least 4 members (excludes halogenated alkanes) is 3. The number of hydroxylamine groups is 1. The summed E-state index contributed by atoms with van der Waals surface area (Å²) in [6.07, 6.45) is 9.89. The molecule has 0 saturated heterocycles. The van der Waals surface area contributed by atoms with Crippen molar-refractivity contribution in [3.05, 3.63) is 24.3 Å². The molecule has 39 heavy (non-hydrogen) atoms. The van der Waals surface area contributed by atoms with Crippen molar-refractivity contribution in [1.82, 2.24) is 14.8 Å². The highest BCUT2D eigenvalue weighted by Crippen LogP contribution is 2.24. The number of guanidine groups is 1. The van der Waals surface area contributed by atoms with Crippen molar-refractivity contribution in [2.45, 2.75) is 57.8 Å². The lowest BCUT2D eigenvalue weighted by Crippen LogP contribution is -2.37. The average Bonchev–Trinajstić information content (AvgIpc) is 2.91. The Kier molecular flexibility index (Phi) is 17.1. The summed E-state index contributed by atoms with van der Waals surface area (Å²) in [5, 5.41) is 13.6. The van der Waals surface area contributed by atoms with Crippen LogP contribution in [0.4, 0.5) is 10.1 Å². The molecule has 0 amide bonds. The fraction of sp³-hybridized carbons (Fsp3) is 0.769. The number of halogens is 1. The smallest absolute Gasteiger partial charge is 0.236 e. The summed E-state index contributed by atoms with van der Waals surface area (Å²) < 4.78 is 56.2. The van der Waals surface area contributed by atoms with E-state index in [1.165, 1.54) is 31.5 Å². The summed E-state index contributed by atoms with van der Waals surface area (Å²) in [5.41, 5.74) is 0.446. The van der Waals surface area contributed by atoms with Crippen molar-refractivity contribution in [2.24, 2.45) is 5.92 Å². The van der Waals surface area contributed by atoms with Crippen molar-refractivity contribution >= 4 is 21.7 Å². The fourth-order valence-electron chi connectivity index (χ4n) is 4.18. The van der Waals surface area contributed by atoms with Gasteiger partial charge >= 0.3 is 0 Å². The van der Waals surface area contributed by atoms with Crippen LogP contribution in [0.15, 0.2) is 18.3 Å². The van der Waals surface area contributed by atoms with Crippen LogP contribution in [0.5, 0.6) is 0 Å². The summed E-state index contributed by atoms with van der Waals surface area (Å²) in [4.78, 5) is 9.31. The van der Waals surface area contributed by atoms with Gasteiger partial charge in [0.15, 0.2) is 5.96 Å². The van der Waals surface area contributed by atoms with E-state index in [9.17, 15) is 12.8 Å². The zero-order chi connectivity index (χ0) is 28.2. The average molecular weight is 576 g/mol. The molecule has 0 atom stereocenters. The van der Waals surface area contributed by atoms with E-state index in [0.29, 0.717) is 57.6 Å². The van der Waals surface area contributed by atoms with Gasteiger partial charge in [-0.3, -0.25) is 10.2 Å². The lowest BCUT2D eigenvalue weighted by molar-refractivity contribution is -0.112. The predicted molar refractivity (Wildman–Crippen MR) is 149 cm³/mol. The van der Waals surface area contributed by atoms with Crippen molar-refractivity contribution in [2.75, 3.05) is 70.9 Å². The Hall–Kier alpha value is -1.90. The number of hydrogen-bond acceptors (Lipinski definition) is 8. The van der Waals surface area contributed by atoms with Crippen LogP contribution in [0.25, 0.3) is 0 Å². The normalized spacial score (nSPS) is 14.5. The van der Waals surface area contributed by atoms with Crippen LogP contribution >= 0.6 is 0 Å². The maximum atomic E-state index is 13.1. The number of aromatic nitrogens is 1. The zero-order valence-electron chi connectivity index (χ0n) is 23.2. The van der Waals surface area contributed by atoms with Gasteiger partial charge in [0.25, 0.3) is 0 Å². The Morgan fingerprint density at radius 2 is 1.79 bits per heavy atom. The van der Waals surface area contributed by atoms with Crippen molar-refractivity contribution < 1.29 is 31.9 Å². The molecule has 0 aromatic carbocycles. The number of methoxy groups -OCH3 is 1. The van der Waals surface area contributed by atoms with Crippen molar-refractivity contribution in [1.29, 1.82) is 5.41 Å². The van der Waals surface area contributed by atoms with Crippen molar-refractivity contribution in [3.8, 4) is 0 Å². The first kappa shape index (κ1) is 33.3. The van der Waals surface area contributed by atoms with Crippen LogP contribution in [0.1, 0.15) is 57.8 Å². The highest BCUT2D eigenvalue weighted by atomic mass is 32.2. The minimum Gasteiger partial charge on any atom is -0.382 e. The van der Waals surface area contributed by atoms with E-state index >= 15 is 0 Å². The lowest BCUT2D eigenvalue weighted by Gasteiger charge is -2.26. The monoisotopic (exact) mass is 575 g/mol. The summed E-state index contributed by atoms with van der Waals surface area (Å²) in [6, 6.07) is 2.79. The molecule has 1 aliphatic rings. The Morgan fingerprint density at radius 1 is 1.08 bits per heavy atom.